The Morgan fingerprint density at radius 1 is 0.983 bits per heavy atom. The second-order valence-corrected chi connectivity index (χ2v) is 17.7. The van der Waals surface area contributed by atoms with Crippen LogP contribution in [0.3, 0.4) is 0 Å². The van der Waals surface area contributed by atoms with Gasteiger partial charge in [-0.15, -0.1) is 0 Å². The summed E-state index contributed by atoms with van der Waals surface area (Å²) in [6.45, 7) is 3.61. The minimum Gasteiger partial charge on any atom is -0.479 e. The summed E-state index contributed by atoms with van der Waals surface area (Å²) in [7, 11) is -3.28. The molecule has 3 N–H and O–H groups in total. The Balaban J connectivity index is 1.46. The highest BCUT2D eigenvalue weighted by Crippen LogP contribution is 2.46. The number of nitrogens with one attached hydrogen (secondary N) is 2. The van der Waals surface area contributed by atoms with E-state index >= 15 is 4.79 Å². The Kier molecular flexibility index (Phi) is 11.8. The maximum Gasteiger partial charge on any atom is 0.408 e. The summed E-state index contributed by atoms with van der Waals surface area (Å²) in [5.41, 5.74) is -2.21. The Hall–Kier alpha value is -5.65. The van der Waals surface area contributed by atoms with Crippen molar-refractivity contribution in [1.82, 2.24) is 19.8 Å². The van der Waals surface area contributed by atoms with Crippen molar-refractivity contribution in [2.75, 3.05) is 26.7 Å². The van der Waals surface area contributed by atoms with Crippen LogP contribution in [0.15, 0.2) is 95.9 Å². The summed E-state index contributed by atoms with van der Waals surface area (Å²) in [6.07, 6.45) is 2.66. The van der Waals surface area contributed by atoms with E-state index in [9.17, 15) is 38.0 Å². The number of fused-ring (bicyclic) bond motifs is 2. The number of para-hydroxylation sites is 1. The van der Waals surface area contributed by atoms with E-state index in [2.05, 4.69) is 10.6 Å². The number of alkyl carbamates (subject to hydrolysis) is 1. The fraction of sp³-hybridized carbons (Fsp3) is 0.415. The normalized spacial score (nSPS) is 25.7. The number of carboxylic acid groups (broad SMARTS) is 1. The third-order valence-electron chi connectivity index (χ3n) is 10.8. The van der Waals surface area contributed by atoms with Crippen molar-refractivity contribution in [2.45, 2.75) is 80.2 Å². The van der Waals surface area contributed by atoms with Crippen LogP contribution in [0.1, 0.15) is 52.0 Å². The van der Waals surface area contributed by atoms with Gasteiger partial charge >= 0.3 is 12.1 Å². The van der Waals surface area contributed by atoms with Crippen LogP contribution < -0.4 is 10.6 Å². The van der Waals surface area contributed by atoms with Crippen LogP contribution in [0.2, 0.25) is 0 Å². The number of rotatable bonds is 8. The number of allylic oxidation sites excluding steroid dienone is 1. The number of nitrogens with zero attached hydrogens (tertiary/aromatic N) is 3. The van der Waals surface area contributed by atoms with Crippen LogP contribution in [-0.4, -0.2) is 101 Å². The number of ether oxygens (including phenoxy) is 2. The lowest BCUT2D eigenvalue weighted by Gasteiger charge is -2.33. The van der Waals surface area contributed by atoms with Gasteiger partial charge in [0.2, 0.25) is 21.8 Å². The second kappa shape index (κ2) is 16.3. The third-order valence-corrected chi connectivity index (χ3v) is 12.7. The monoisotopic (exact) mass is 817 g/mol. The molecule has 0 aromatic heterocycles. The van der Waals surface area contributed by atoms with Gasteiger partial charge in [-0.2, -0.15) is 4.31 Å². The molecule has 3 aromatic rings. The first-order valence-electron chi connectivity index (χ1n) is 18.9. The summed E-state index contributed by atoms with van der Waals surface area (Å²) < 4.78 is 41.3. The number of carboxylic acids is 1. The number of methoxy groups -OCH3 is 1. The molecule has 2 aliphatic heterocycles. The van der Waals surface area contributed by atoms with Crippen LogP contribution in [0, 0.1) is 16.0 Å². The zero-order chi connectivity index (χ0) is 42.0. The van der Waals surface area contributed by atoms with Crippen molar-refractivity contribution in [2.24, 2.45) is 5.92 Å². The van der Waals surface area contributed by atoms with Crippen molar-refractivity contribution < 1.29 is 47.1 Å². The number of amides is 3. The van der Waals surface area contributed by atoms with Gasteiger partial charge in [0.15, 0.2) is 4.90 Å². The number of nitro groups is 1. The van der Waals surface area contributed by atoms with Crippen molar-refractivity contribution in [3.05, 3.63) is 107 Å². The first-order chi connectivity index (χ1) is 27.4. The van der Waals surface area contributed by atoms with E-state index < -0.39 is 90.7 Å². The van der Waals surface area contributed by atoms with E-state index in [0.717, 1.165) is 27.6 Å². The van der Waals surface area contributed by atoms with Crippen molar-refractivity contribution in [3.63, 3.8) is 0 Å². The van der Waals surface area contributed by atoms with E-state index in [1.54, 1.807) is 32.9 Å². The summed E-state index contributed by atoms with van der Waals surface area (Å²) in [5.74, 6) is -3.51. The van der Waals surface area contributed by atoms with Crippen molar-refractivity contribution >= 4 is 39.6 Å². The lowest BCUT2D eigenvalue weighted by molar-refractivity contribution is -0.387. The molecule has 16 nitrogen and oxygen atoms in total. The molecular weight excluding hydrogens is 771 g/mol. The first-order valence-corrected chi connectivity index (χ1v) is 20.3. The number of carbonyl (C=O) groups is 4. The van der Waals surface area contributed by atoms with Crippen LogP contribution >= 0.6 is 0 Å². The number of hydrogen-bond donors (Lipinski definition) is 3. The highest BCUT2D eigenvalue weighted by molar-refractivity contribution is 7.89. The van der Waals surface area contributed by atoms with Crippen molar-refractivity contribution in [3.8, 4) is 11.1 Å². The van der Waals surface area contributed by atoms with Gasteiger partial charge < -0.3 is 30.1 Å². The maximum absolute atomic E-state index is 15.0. The highest BCUT2D eigenvalue weighted by atomic mass is 32.2. The van der Waals surface area contributed by atoms with Gasteiger partial charge in [0, 0.05) is 38.6 Å². The van der Waals surface area contributed by atoms with Crippen LogP contribution in [0.5, 0.6) is 0 Å². The fourth-order valence-electron chi connectivity index (χ4n) is 7.64. The van der Waals surface area contributed by atoms with Crippen LogP contribution in [0.4, 0.5) is 10.5 Å². The Bertz CT molecular complexity index is 2210. The lowest BCUT2D eigenvalue weighted by Crippen LogP contribution is -2.59. The number of sulfonamides is 1. The number of hydrogen-bond acceptors (Lipinski definition) is 10. The molecule has 6 rings (SSSR count). The van der Waals surface area contributed by atoms with Gasteiger partial charge in [0.1, 0.15) is 28.8 Å². The number of carbonyl (C=O) groups excluding carboxylic acids is 3. The number of aliphatic carboxylic acids is 1. The van der Waals surface area contributed by atoms with E-state index in [1.165, 1.54) is 24.1 Å². The Morgan fingerprint density at radius 3 is 2.28 bits per heavy atom. The largest absolute Gasteiger partial charge is 0.479 e. The van der Waals surface area contributed by atoms with Crippen LogP contribution in [-0.2, 0) is 39.5 Å². The first kappa shape index (κ1) is 42.0. The molecular formula is C41H47N5O11S. The molecule has 3 aliphatic rings. The number of nitro benzene ring substituents is 1. The van der Waals surface area contributed by atoms with E-state index in [-0.39, 0.29) is 38.8 Å². The second-order valence-electron chi connectivity index (χ2n) is 15.8. The molecule has 308 valence electrons. The van der Waals surface area contributed by atoms with Gasteiger partial charge in [0.05, 0.1) is 11.5 Å². The predicted octanol–water partition coefficient (Wildman–Crippen LogP) is 4.60. The molecule has 0 spiro atoms. The van der Waals surface area contributed by atoms with E-state index in [1.807, 2.05) is 54.6 Å². The zero-order valence-electron chi connectivity index (χ0n) is 32.6. The zero-order valence-corrected chi connectivity index (χ0v) is 33.4. The summed E-state index contributed by atoms with van der Waals surface area (Å²) >= 11 is 0. The third kappa shape index (κ3) is 8.61. The quantitative estimate of drug-likeness (QED) is 0.162. The SMILES string of the molecule is CO[C@@]1(c2ccc(-c3ccccc3)cc2)C[C@H]2C(=O)N[C@]3(C(=O)O)C[C@H]3C=CCCCN(S(=O)(=O)c3ccccc3[N+](=O)[O-])C[C@H](NC(=O)OC(C)(C)C)C(=O)N2C1. The molecule has 0 unspecified atom stereocenters. The van der Waals surface area contributed by atoms with Gasteiger partial charge in [-0.25, -0.2) is 18.0 Å². The minimum absolute atomic E-state index is 0.0859. The van der Waals surface area contributed by atoms with Gasteiger partial charge in [-0.3, -0.25) is 19.7 Å². The maximum atomic E-state index is 15.0. The highest BCUT2D eigenvalue weighted by Gasteiger charge is 2.62. The Labute approximate surface area is 336 Å². The van der Waals surface area contributed by atoms with Gasteiger partial charge in [-0.1, -0.05) is 78.9 Å². The van der Waals surface area contributed by atoms with Gasteiger partial charge in [0.25, 0.3) is 5.69 Å². The lowest BCUT2D eigenvalue weighted by atomic mass is 9.89. The molecule has 58 heavy (non-hydrogen) atoms. The fourth-order valence-corrected chi connectivity index (χ4v) is 9.29. The average molecular weight is 818 g/mol. The molecule has 0 bridgehead atoms. The number of benzene rings is 3. The minimum atomic E-state index is -4.71. The molecule has 1 saturated heterocycles. The summed E-state index contributed by atoms with van der Waals surface area (Å²) in [6, 6.07) is 18.8. The molecule has 1 aliphatic carbocycles. The van der Waals surface area contributed by atoms with Gasteiger partial charge in [-0.05, 0) is 62.8 Å². The molecule has 2 fully saturated rings. The molecule has 1 saturated carbocycles. The molecule has 3 amide bonds. The van der Waals surface area contributed by atoms with Crippen molar-refractivity contribution in [1.29, 1.82) is 0 Å². The van der Waals surface area contributed by atoms with E-state index in [4.69, 9.17) is 9.47 Å². The summed E-state index contributed by atoms with van der Waals surface area (Å²) in [5, 5.41) is 27.6. The van der Waals surface area contributed by atoms with E-state index in [0.29, 0.717) is 5.56 Å². The smallest absolute Gasteiger partial charge is 0.408 e. The summed E-state index contributed by atoms with van der Waals surface area (Å²) in [4.78, 5) is 67.3. The van der Waals surface area contributed by atoms with Crippen LogP contribution in [0.25, 0.3) is 11.1 Å². The topological polar surface area (TPSA) is 215 Å². The molecule has 5 atom stereocenters. The predicted molar refractivity (Wildman–Crippen MR) is 211 cm³/mol. The standard InChI is InChI=1S/C41H47N5O11S/c1-39(2,3)57-38(51)42-31-25-44(58(54,55)34-17-11-10-16-32(34)46(52)53)22-12-6-9-15-30-23-41(30,37(49)50)43-35(47)33-24-40(56-4,26-45(33)36(31)48)29-20-18-28(19-21-29)27-13-7-5-8-14-27/h5,7-11,13-21,30-31,33H,6,12,22-26H2,1-4H3,(H,42,51)(H,43,47)(H,49,50)/t30-,31+,33+,40+,41-/m1/s1. The molecule has 17 heteroatoms. The Morgan fingerprint density at radius 2 is 1.64 bits per heavy atom. The average Bonchev–Trinajstić information content (AvgIpc) is 3.74. The molecule has 3 aromatic carbocycles. The molecule has 0 radical (unpaired) electrons. The molecule has 2 heterocycles.